The zero-order valence-corrected chi connectivity index (χ0v) is 15.5. The maximum atomic E-state index is 12.7. The molecule has 0 saturated heterocycles. The van der Waals surface area contributed by atoms with Gasteiger partial charge in [0.2, 0.25) is 5.95 Å². The van der Waals surface area contributed by atoms with Crippen LogP contribution in [-0.4, -0.2) is 49.1 Å². The van der Waals surface area contributed by atoms with Gasteiger partial charge in [-0.3, -0.25) is 14.9 Å². The smallest absolute Gasteiger partial charge is 0.280 e. The topological polar surface area (TPSA) is 117 Å². The number of nitrogens with one attached hydrogen (secondary N) is 1. The Balaban J connectivity index is 2.02. The number of methoxy groups -OCH3 is 1. The summed E-state index contributed by atoms with van der Waals surface area (Å²) in [6.45, 7) is 0. The van der Waals surface area contributed by atoms with Crippen LogP contribution in [0.2, 0.25) is 5.02 Å². The van der Waals surface area contributed by atoms with Crippen LogP contribution in [0.4, 0.5) is 5.95 Å². The van der Waals surface area contributed by atoms with Crippen molar-refractivity contribution in [3.63, 3.8) is 0 Å². The van der Waals surface area contributed by atoms with E-state index in [2.05, 4.69) is 25.9 Å². The first-order valence-electron chi connectivity index (χ1n) is 8.27. The summed E-state index contributed by atoms with van der Waals surface area (Å²) in [5.41, 5.74) is 0.00461. The van der Waals surface area contributed by atoms with Crippen molar-refractivity contribution in [3.05, 3.63) is 26.6 Å². The van der Waals surface area contributed by atoms with E-state index in [1.807, 2.05) is 0 Å². The van der Waals surface area contributed by atoms with Gasteiger partial charge < -0.3 is 4.74 Å². The standard InChI is InChI=1S/C15H20ClN7O3/c1-22-14(25)10(8-6-4-5-7-9(8)26-3)11(16)12(19-22)13(24)17-15-18-20-21-23(15)2/h8-9H,4-7H2,1-3H3,(H,17,18,21,24). The van der Waals surface area contributed by atoms with E-state index in [1.54, 1.807) is 14.2 Å². The van der Waals surface area contributed by atoms with E-state index in [4.69, 9.17) is 16.3 Å². The number of halogens is 1. The Labute approximate surface area is 154 Å². The Morgan fingerprint density at radius 3 is 2.65 bits per heavy atom. The van der Waals surface area contributed by atoms with E-state index in [9.17, 15) is 9.59 Å². The van der Waals surface area contributed by atoms with E-state index < -0.39 is 5.91 Å². The average molecular weight is 382 g/mol. The number of nitrogens with zero attached hydrogens (tertiary/aromatic N) is 6. The lowest BCUT2D eigenvalue weighted by atomic mass is 9.82. The second-order valence-corrected chi connectivity index (χ2v) is 6.63. The van der Waals surface area contributed by atoms with E-state index in [1.165, 1.54) is 11.7 Å². The molecular weight excluding hydrogens is 362 g/mol. The highest BCUT2D eigenvalue weighted by atomic mass is 35.5. The predicted molar refractivity (Wildman–Crippen MR) is 93.2 cm³/mol. The number of ether oxygens (including phenoxy) is 1. The summed E-state index contributed by atoms with van der Waals surface area (Å²) < 4.78 is 7.99. The minimum atomic E-state index is -0.588. The third-order valence-electron chi connectivity index (χ3n) is 4.66. The van der Waals surface area contributed by atoms with Crippen molar-refractivity contribution in [2.24, 2.45) is 14.1 Å². The number of aryl methyl sites for hydroxylation is 2. The van der Waals surface area contributed by atoms with Gasteiger partial charge in [0.25, 0.3) is 11.5 Å². The van der Waals surface area contributed by atoms with E-state index in [0.717, 1.165) is 30.4 Å². The molecule has 0 spiro atoms. The third kappa shape index (κ3) is 3.34. The molecule has 11 heteroatoms. The van der Waals surface area contributed by atoms with Crippen LogP contribution in [-0.2, 0) is 18.8 Å². The number of carbonyl (C=O) groups excluding carboxylic acids is 1. The molecule has 1 aliphatic rings. The fourth-order valence-electron chi connectivity index (χ4n) is 3.31. The second-order valence-electron chi connectivity index (χ2n) is 6.25. The van der Waals surface area contributed by atoms with Crippen LogP contribution in [0.3, 0.4) is 0 Å². The molecule has 3 rings (SSSR count). The molecule has 1 fully saturated rings. The zero-order valence-electron chi connectivity index (χ0n) is 14.8. The highest BCUT2D eigenvalue weighted by Gasteiger charge is 2.33. The average Bonchev–Trinajstić information content (AvgIpc) is 3.03. The van der Waals surface area contributed by atoms with Crippen molar-refractivity contribution in [1.29, 1.82) is 0 Å². The van der Waals surface area contributed by atoms with Crippen molar-refractivity contribution < 1.29 is 9.53 Å². The van der Waals surface area contributed by atoms with Crippen molar-refractivity contribution in [3.8, 4) is 0 Å². The van der Waals surface area contributed by atoms with Crippen molar-refractivity contribution in [2.45, 2.75) is 37.7 Å². The minimum absolute atomic E-state index is 0.0489. The summed E-state index contributed by atoms with van der Waals surface area (Å²) in [5.74, 6) is -0.615. The SMILES string of the molecule is COC1CCCCC1c1c(Cl)c(C(=O)Nc2nnnn2C)nn(C)c1=O. The van der Waals surface area contributed by atoms with Crippen molar-refractivity contribution in [1.82, 2.24) is 30.0 Å². The fourth-order valence-corrected chi connectivity index (χ4v) is 3.65. The Bertz CT molecular complexity index is 879. The fraction of sp³-hybridized carbons (Fsp3) is 0.600. The molecule has 2 unspecified atom stereocenters. The largest absolute Gasteiger partial charge is 0.381 e. The predicted octanol–water partition coefficient (Wildman–Crippen LogP) is 0.882. The number of hydrogen-bond donors (Lipinski definition) is 1. The molecule has 0 aromatic carbocycles. The maximum Gasteiger partial charge on any atom is 0.280 e. The lowest BCUT2D eigenvalue weighted by Crippen LogP contribution is -2.35. The highest BCUT2D eigenvalue weighted by Crippen LogP contribution is 2.37. The van der Waals surface area contributed by atoms with Gasteiger partial charge >= 0.3 is 0 Å². The molecule has 1 amide bonds. The molecule has 0 radical (unpaired) electrons. The van der Waals surface area contributed by atoms with Crippen molar-refractivity contribution >= 4 is 23.5 Å². The Hall–Kier alpha value is -2.33. The molecule has 2 atom stereocenters. The van der Waals surface area contributed by atoms with Gasteiger partial charge in [0.05, 0.1) is 11.1 Å². The number of anilines is 1. The Morgan fingerprint density at radius 2 is 2.00 bits per heavy atom. The van der Waals surface area contributed by atoms with E-state index in [0.29, 0.717) is 5.56 Å². The highest BCUT2D eigenvalue weighted by molar-refractivity contribution is 6.34. The molecule has 2 heterocycles. The van der Waals surface area contributed by atoms with E-state index >= 15 is 0 Å². The summed E-state index contributed by atoms with van der Waals surface area (Å²) >= 11 is 6.47. The first-order valence-corrected chi connectivity index (χ1v) is 8.65. The van der Waals surface area contributed by atoms with Gasteiger partial charge in [-0.25, -0.2) is 9.36 Å². The molecule has 10 nitrogen and oxygen atoms in total. The maximum absolute atomic E-state index is 12.7. The van der Waals surface area contributed by atoms with Crippen LogP contribution in [0.25, 0.3) is 0 Å². The number of rotatable bonds is 4. The molecule has 1 N–H and O–H groups in total. The van der Waals surface area contributed by atoms with Crippen LogP contribution < -0.4 is 10.9 Å². The zero-order chi connectivity index (χ0) is 18.8. The number of carbonyl (C=O) groups is 1. The lowest BCUT2D eigenvalue weighted by Gasteiger charge is -2.31. The molecule has 0 aliphatic heterocycles. The van der Waals surface area contributed by atoms with Gasteiger partial charge in [0.1, 0.15) is 0 Å². The summed E-state index contributed by atoms with van der Waals surface area (Å²) in [7, 11) is 4.70. The van der Waals surface area contributed by atoms with Gasteiger partial charge in [-0.05, 0) is 23.3 Å². The molecule has 140 valence electrons. The van der Waals surface area contributed by atoms with Crippen molar-refractivity contribution in [2.75, 3.05) is 12.4 Å². The van der Waals surface area contributed by atoms with Gasteiger partial charge in [-0.2, -0.15) is 5.10 Å². The summed E-state index contributed by atoms with van der Waals surface area (Å²) in [6.07, 6.45) is 3.50. The van der Waals surface area contributed by atoms with Gasteiger partial charge in [0, 0.05) is 32.7 Å². The Kier molecular flexibility index (Phi) is 5.33. The number of amides is 1. The summed E-state index contributed by atoms with van der Waals surface area (Å²) in [5, 5.41) is 17.4. The molecule has 2 aromatic rings. The number of aromatic nitrogens is 6. The summed E-state index contributed by atoms with van der Waals surface area (Å²) in [6, 6.07) is 0. The minimum Gasteiger partial charge on any atom is -0.381 e. The molecule has 0 bridgehead atoms. The first kappa shape index (κ1) is 18.5. The number of tetrazole rings is 1. The third-order valence-corrected chi connectivity index (χ3v) is 5.04. The lowest BCUT2D eigenvalue weighted by molar-refractivity contribution is 0.0517. The molecule has 1 aliphatic carbocycles. The van der Waals surface area contributed by atoms with Gasteiger partial charge in [-0.1, -0.05) is 29.5 Å². The molecule has 1 saturated carbocycles. The molecular formula is C15H20ClN7O3. The van der Waals surface area contributed by atoms with Gasteiger partial charge in [-0.15, -0.1) is 0 Å². The molecule has 2 aromatic heterocycles. The van der Waals surface area contributed by atoms with Gasteiger partial charge in [0.15, 0.2) is 5.69 Å². The second kappa shape index (κ2) is 7.50. The number of hydrogen-bond acceptors (Lipinski definition) is 7. The van der Waals surface area contributed by atoms with Crippen LogP contribution >= 0.6 is 11.6 Å². The normalized spacial score (nSPS) is 20.2. The summed E-state index contributed by atoms with van der Waals surface area (Å²) in [4.78, 5) is 25.3. The first-order chi connectivity index (χ1) is 12.4. The monoisotopic (exact) mass is 381 g/mol. The van der Waals surface area contributed by atoms with Crippen LogP contribution in [0.5, 0.6) is 0 Å². The Morgan fingerprint density at radius 1 is 1.27 bits per heavy atom. The molecule has 26 heavy (non-hydrogen) atoms. The van der Waals surface area contributed by atoms with Crippen LogP contribution in [0.15, 0.2) is 4.79 Å². The van der Waals surface area contributed by atoms with Crippen LogP contribution in [0.1, 0.15) is 47.7 Å². The van der Waals surface area contributed by atoms with Crippen LogP contribution in [0, 0.1) is 0 Å². The van der Waals surface area contributed by atoms with E-state index in [-0.39, 0.29) is 34.2 Å². The quantitative estimate of drug-likeness (QED) is 0.835.